The standard InChI is InChI=1S/C11H12BrNO/c12-11-2-5-3-1-4-6(5)9(11)10(13-14)7(4)8(3)11/h3-9,14H,1-2H2/b13-10-/t3-,4+,5+,6+,7+,8+,9-,11+/m1/s1. The van der Waals surface area contributed by atoms with Crippen molar-refractivity contribution in [1.82, 2.24) is 0 Å². The van der Waals surface area contributed by atoms with Gasteiger partial charge >= 0.3 is 0 Å². The van der Waals surface area contributed by atoms with Crippen molar-refractivity contribution in [3.8, 4) is 0 Å². The monoisotopic (exact) mass is 253 g/mol. The van der Waals surface area contributed by atoms with E-state index in [1.165, 1.54) is 18.6 Å². The molecule has 74 valence electrons. The molecular formula is C11H12BrNO. The molecule has 0 unspecified atom stereocenters. The van der Waals surface area contributed by atoms with Crippen molar-refractivity contribution in [2.75, 3.05) is 0 Å². The summed E-state index contributed by atoms with van der Waals surface area (Å²) < 4.78 is 0.367. The Morgan fingerprint density at radius 3 is 2.93 bits per heavy atom. The minimum atomic E-state index is 0.367. The van der Waals surface area contributed by atoms with E-state index in [4.69, 9.17) is 5.21 Å². The second kappa shape index (κ2) is 1.70. The van der Waals surface area contributed by atoms with Crippen molar-refractivity contribution in [2.45, 2.75) is 17.2 Å². The lowest BCUT2D eigenvalue weighted by atomic mass is 9.71. The third kappa shape index (κ3) is 0.412. The molecular weight excluding hydrogens is 242 g/mol. The van der Waals surface area contributed by atoms with Crippen molar-refractivity contribution >= 4 is 21.6 Å². The van der Waals surface area contributed by atoms with Crippen LogP contribution in [-0.4, -0.2) is 15.2 Å². The fourth-order valence-electron chi connectivity index (χ4n) is 6.35. The van der Waals surface area contributed by atoms with Gasteiger partial charge in [-0.2, -0.15) is 0 Å². The van der Waals surface area contributed by atoms with Gasteiger partial charge in [-0.1, -0.05) is 21.1 Å². The maximum absolute atomic E-state index is 9.16. The van der Waals surface area contributed by atoms with Crippen LogP contribution in [0.2, 0.25) is 0 Å². The summed E-state index contributed by atoms with van der Waals surface area (Å²) in [6, 6.07) is 0. The molecule has 6 fully saturated rings. The lowest BCUT2D eigenvalue weighted by Gasteiger charge is -2.37. The molecule has 0 spiro atoms. The molecule has 6 bridgehead atoms. The molecule has 0 aromatic heterocycles. The van der Waals surface area contributed by atoms with Gasteiger partial charge in [-0.3, -0.25) is 0 Å². The Bertz CT molecular complexity index is 395. The normalized spacial score (nSPS) is 77.8. The fourth-order valence-corrected chi connectivity index (χ4v) is 7.89. The maximum atomic E-state index is 9.16. The van der Waals surface area contributed by atoms with Gasteiger partial charge in [0.05, 0.1) is 5.71 Å². The number of hydrogen-bond acceptors (Lipinski definition) is 2. The molecule has 0 heterocycles. The second-order valence-corrected chi connectivity index (χ2v) is 7.47. The van der Waals surface area contributed by atoms with Gasteiger partial charge < -0.3 is 5.21 Å². The Kier molecular flexibility index (Phi) is 0.883. The van der Waals surface area contributed by atoms with Crippen LogP contribution in [0.3, 0.4) is 0 Å². The summed E-state index contributed by atoms with van der Waals surface area (Å²) in [5.41, 5.74) is 1.17. The number of alkyl halides is 1. The fraction of sp³-hybridized carbons (Fsp3) is 0.909. The van der Waals surface area contributed by atoms with Crippen molar-refractivity contribution in [3.63, 3.8) is 0 Å². The smallest absolute Gasteiger partial charge is 0.0655 e. The van der Waals surface area contributed by atoms with Gasteiger partial charge in [0.1, 0.15) is 0 Å². The highest BCUT2D eigenvalue weighted by atomic mass is 79.9. The topological polar surface area (TPSA) is 32.6 Å². The molecule has 3 heteroatoms. The SMILES string of the molecule is O/N=C1/[C@H]2[C@H]3C[C@@H]4[C@@H]5C[C@](Br)([C@@H]42)[C@@H]1[C@@H]35. The molecule has 6 saturated carbocycles. The second-order valence-electron chi connectivity index (χ2n) is 5.99. The predicted molar refractivity (Wildman–Crippen MR) is 54.5 cm³/mol. The Balaban J connectivity index is 1.89. The van der Waals surface area contributed by atoms with Gasteiger partial charge in [0.15, 0.2) is 0 Å². The molecule has 0 aromatic carbocycles. The van der Waals surface area contributed by atoms with Crippen molar-refractivity contribution in [3.05, 3.63) is 0 Å². The van der Waals surface area contributed by atoms with E-state index in [0.29, 0.717) is 16.2 Å². The van der Waals surface area contributed by atoms with E-state index in [1.54, 1.807) is 0 Å². The molecule has 1 N–H and O–H groups in total. The lowest BCUT2D eigenvalue weighted by molar-refractivity contribution is 0.149. The van der Waals surface area contributed by atoms with Crippen LogP contribution in [0.25, 0.3) is 0 Å². The zero-order chi connectivity index (χ0) is 9.24. The first kappa shape index (κ1) is 7.26. The van der Waals surface area contributed by atoms with Crippen LogP contribution in [0.15, 0.2) is 5.16 Å². The van der Waals surface area contributed by atoms with Crippen LogP contribution in [0.5, 0.6) is 0 Å². The minimum absolute atomic E-state index is 0.367. The molecule has 0 aliphatic heterocycles. The number of hydrogen-bond donors (Lipinski definition) is 1. The minimum Gasteiger partial charge on any atom is -0.411 e. The summed E-state index contributed by atoms with van der Waals surface area (Å²) in [4.78, 5) is 0. The predicted octanol–water partition coefficient (Wildman–Crippen LogP) is 2.11. The van der Waals surface area contributed by atoms with Gasteiger partial charge in [-0.15, -0.1) is 0 Å². The zero-order valence-electron chi connectivity index (χ0n) is 7.73. The summed E-state index contributed by atoms with van der Waals surface area (Å²) in [6.45, 7) is 0. The molecule has 14 heavy (non-hydrogen) atoms. The van der Waals surface area contributed by atoms with Crippen LogP contribution in [0.4, 0.5) is 0 Å². The number of oxime groups is 1. The largest absolute Gasteiger partial charge is 0.411 e. The first-order chi connectivity index (χ1) is 6.77. The lowest BCUT2D eigenvalue weighted by Crippen LogP contribution is -2.39. The zero-order valence-corrected chi connectivity index (χ0v) is 9.31. The van der Waals surface area contributed by atoms with E-state index in [1.807, 2.05) is 0 Å². The third-order valence-electron chi connectivity index (χ3n) is 6.17. The Morgan fingerprint density at radius 1 is 1.36 bits per heavy atom. The molecule has 8 atom stereocenters. The number of nitrogens with zero attached hydrogens (tertiary/aromatic N) is 1. The molecule has 0 aromatic rings. The van der Waals surface area contributed by atoms with E-state index in [2.05, 4.69) is 21.1 Å². The quantitative estimate of drug-likeness (QED) is 0.401. The van der Waals surface area contributed by atoms with Crippen molar-refractivity contribution < 1.29 is 5.21 Å². The third-order valence-corrected chi connectivity index (χ3v) is 7.52. The molecule has 6 aliphatic rings. The molecule has 0 saturated heterocycles. The Labute approximate surface area is 90.9 Å². The van der Waals surface area contributed by atoms with Gasteiger partial charge in [-0.05, 0) is 42.4 Å². The van der Waals surface area contributed by atoms with Crippen LogP contribution >= 0.6 is 15.9 Å². The Hall–Kier alpha value is -0.0500. The highest BCUT2D eigenvalue weighted by Gasteiger charge is 2.85. The molecule has 0 amide bonds. The molecule has 0 radical (unpaired) electrons. The first-order valence-corrected chi connectivity index (χ1v) is 6.47. The highest BCUT2D eigenvalue weighted by molar-refractivity contribution is 9.10. The summed E-state index contributed by atoms with van der Waals surface area (Å²) in [6.07, 6.45) is 2.80. The van der Waals surface area contributed by atoms with Crippen LogP contribution in [0.1, 0.15) is 12.8 Å². The summed E-state index contributed by atoms with van der Waals surface area (Å²) in [5.74, 6) is 5.85. The average Bonchev–Trinajstić information content (AvgIpc) is 2.76. The van der Waals surface area contributed by atoms with Gasteiger partial charge in [0.2, 0.25) is 0 Å². The van der Waals surface area contributed by atoms with Crippen molar-refractivity contribution in [1.29, 1.82) is 0 Å². The van der Waals surface area contributed by atoms with E-state index in [0.717, 1.165) is 29.6 Å². The molecule has 6 rings (SSSR count). The first-order valence-electron chi connectivity index (χ1n) is 5.68. The van der Waals surface area contributed by atoms with Crippen LogP contribution in [0, 0.1) is 41.4 Å². The molecule has 2 nitrogen and oxygen atoms in total. The van der Waals surface area contributed by atoms with E-state index >= 15 is 0 Å². The van der Waals surface area contributed by atoms with E-state index in [-0.39, 0.29) is 0 Å². The van der Waals surface area contributed by atoms with Gasteiger partial charge in [-0.25, -0.2) is 0 Å². The van der Waals surface area contributed by atoms with Crippen LogP contribution in [-0.2, 0) is 0 Å². The average molecular weight is 254 g/mol. The summed E-state index contributed by atoms with van der Waals surface area (Å²) >= 11 is 4.01. The number of rotatable bonds is 0. The van der Waals surface area contributed by atoms with E-state index < -0.39 is 0 Å². The number of halogens is 1. The maximum Gasteiger partial charge on any atom is 0.0655 e. The van der Waals surface area contributed by atoms with Crippen molar-refractivity contribution in [2.24, 2.45) is 46.6 Å². The van der Waals surface area contributed by atoms with E-state index in [9.17, 15) is 0 Å². The highest BCUT2D eigenvalue weighted by Crippen LogP contribution is 2.85. The molecule has 6 aliphatic carbocycles. The van der Waals surface area contributed by atoms with Crippen LogP contribution < -0.4 is 0 Å². The van der Waals surface area contributed by atoms with Gasteiger partial charge in [0, 0.05) is 16.2 Å². The Morgan fingerprint density at radius 2 is 2.21 bits per heavy atom. The summed E-state index contributed by atoms with van der Waals surface area (Å²) in [7, 11) is 0. The summed E-state index contributed by atoms with van der Waals surface area (Å²) in [5, 5.41) is 12.8. The van der Waals surface area contributed by atoms with Gasteiger partial charge in [0.25, 0.3) is 0 Å².